The van der Waals surface area contributed by atoms with Crippen LogP contribution in [0, 0.1) is 11.6 Å². The molecule has 1 fully saturated rings. The number of Topliss-reactive ketones (excluding diaryl/α,β-unsaturated/α-hetero) is 1. The zero-order valence-electron chi connectivity index (χ0n) is 17.0. The molecule has 31 heavy (non-hydrogen) atoms. The highest BCUT2D eigenvalue weighted by molar-refractivity contribution is 6.29. The summed E-state index contributed by atoms with van der Waals surface area (Å²) < 4.78 is 44.4. The highest BCUT2D eigenvalue weighted by atomic mass is 35.5. The molecule has 166 valence electrons. The van der Waals surface area contributed by atoms with Gasteiger partial charge in [0.25, 0.3) is 5.91 Å². The molecule has 1 unspecified atom stereocenters. The molecular weight excluding hydrogens is 434 g/mol. The van der Waals surface area contributed by atoms with Crippen LogP contribution < -0.4 is 9.47 Å². The van der Waals surface area contributed by atoms with Gasteiger partial charge in [0, 0.05) is 30.2 Å². The van der Waals surface area contributed by atoms with E-state index in [9.17, 15) is 18.4 Å². The van der Waals surface area contributed by atoms with Crippen LogP contribution in [-0.4, -0.2) is 61.1 Å². The molecule has 2 heterocycles. The Morgan fingerprint density at radius 1 is 1.23 bits per heavy atom. The van der Waals surface area contributed by atoms with Gasteiger partial charge in [0.1, 0.15) is 17.9 Å². The van der Waals surface area contributed by atoms with Crippen molar-refractivity contribution in [2.75, 3.05) is 33.4 Å². The average molecular weight is 455 g/mol. The van der Waals surface area contributed by atoms with E-state index in [4.69, 9.17) is 25.8 Å². The highest BCUT2D eigenvalue weighted by Gasteiger charge is 2.27. The van der Waals surface area contributed by atoms with E-state index in [2.05, 4.69) is 4.98 Å². The number of pyridine rings is 1. The number of halogens is 3. The van der Waals surface area contributed by atoms with Gasteiger partial charge < -0.3 is 19.1 Å². The lowest BCUT2D eigenvalue weighted by molar-refractivity contribution is -0.0410. The largest absolute Gasteiger partial charge is 0.485 e. The van der Waals surface area contributed by atoms with Crippen LogP contribution in [0.4, 0.5) is 8.78 Å². The zero-order valence-corrected chi connectivity index (χ0v) is 17.7. The molecule has 0 N–H and O–H groups in total. The van der Waals surface area contributed by atoms with Gasteiger partial charge in [0.2, 0.25) is 5.88 Å². The molecule has 1 amide bonds. The summed E-state index contributed by atoms with van der Waals surface area (Å²) in [6.07, 6.45) is -0.472. The van der Waals surface area contributed by atoms with Crippen LogP contribution in [0.3, 0.4) is 0 Å². The maximum absolute atomic E-state index is 14.2. The van der Waals surface area contributed by atoms with Crippen molar-refractivity contribution in [1.29, 1.82) is 0 Å². The Labute approximate surface area is 182 Å². The Hall–Kier alpha value is -2.78. The van der Waals surface area contributed by atoms with Crippen molar-refractivity contribution in [3.8, 4) is 11.6 Å². The minimum absolute atomic E-state index is 0.0537. The molecule has 0 radical (unpaired) electrons. The Balaban J connectivity index is 1.66. The van der Waals surface area contributed by atoms with E-state index in [1.165, 1.54) is 24.1 Å². The molecule has 7 nitrogen and oxygen atoms in total. The first kappa shape index (κ1) is 22.9. The van der Waals surface area contributed by atoms with Crippen LogP contribution >= 0.6 is 11.6 Å². The SMILES string of the molecule is CCC(=O)c1cc(F)c(OCC2CN(C(=O)c3cc(Cl)nc(OC)c3)CCO2)c(F)c1. The van der Waals surface area contributed by atoms with Gasteiger partial charge in [-0.2, -0.15) is 0 Å². The fraction of sp³-hybridized carbons (Fsp3) is 0.381. The van der Waals surface area contributed by atoms with E-state index in [0.717, 1.165) is 12.1 Å². The second kappa shape index (κ2) is 10.0. The third-order valence-electron chi connectivity index (χ3n) is 4.71. The van der Waals surface area contributed by atoms with Gasteiger partial charge in [-0.1, -0.05) is 18.5 Å². The summed E-state index contributed by atoms with van der Waals surface area (Å²) in [4.78, 5) is 29.9. The average Bonchev–Trinajstić information content (AvgIpc) is 2.77. The summed E-state index contributed by atoms with van der Waals surface area (Å²) in [6.45, 7) is 2.13. The number of nitrogens with zero attached hydrogens (tertiary/aromatic N) is 2. The Morgan fingerprint density at radius 3 is 2.58 bits per heavy atom. The Kier molecular flexibility index (Phi) is 7.40. The van der Waals surface area contributed by atoms with E-state index < -0.39 is 23.5 Å². The summed E-state index contributed by atoms with van der Waals surface area (Å²) in [6, 6.07) is 4.79. The van der Waals surface area contributed by atoms with Crippen LogP contribution in [-0.2, 0) is 4.74 Å². The number of hydrogen-bond donors (Lipinski definition) is 0. The third kappa shape index (κ3) is 5.48. The summed E-state index contributed by atoms with van der Waals surface area (Å²) in [7, 11) is 1.41. The number of morpholine rings is 1. The molecule has 0 spiro atoms. The zero-order chi connectivity index (χ0) is 22.5. The molecule has 1 atom stereocenters. The van der Waals surface area contributed by atoms with Gasteiger partial charge in [0.15, 0.2) is 23.2 Å². The first-order valence-electron chi connectivity index (χ1n) is 9.59. The molecule has 10 heteroatoms. The smallest absolute Gasteiger partial charge is 0.254 e. The van der Waals surface area contributed by atoms with E-state index in [1.54, 1.807) is 6.92 Å². The van der Waals surface area contributed by atoms with E-state index in [0.29, 0.717) is 12.1 Å². The van der Waals surface area contributed by atoms with E-state index in [-0.39, 0.29) is 54.5 Å². The van der Waals surface area contributed by atoms with Crippen molar-refractivity contribution in [3.63, 3.8) is 0 Å². The summed E-state index contributed by atoms with van der Waals surface area (Å²) in [5.41, 5.74) is 0.244. The summed E-state index contributed by atoms with van der Waals surface area (Å²) in [5, 5.41) is 0.117. The van der Waals surface area contributed by atoms with Crippen molar-refractivity contribution < 1.29 is 32.6 Å². The molecule has 2 aromatic rings. The lowest BCUT2D eigenvalue weighted by atomic mass is 10.1. The van der Waals surface area contributed by atoms with Gasteiger partial charge in [-0.15, -0.1) is 0 Å². The molecule has 0 bridgehead atoms. The molecule has 1 saturated heterocycles. The molecule has 1 aliphatic rings. The normalized spacial score (nSPS) is 16.2. The summed E-state index contributed by atoms with van der Waals surface area (Å²) in [5.74, 6) is -3.01. The molecule has 1 aromatic carbocycles. The van der Waals surface area contributed by atoms with Gasteiger partial charge in [-0.3, -0.25) is 9.59 Å². The molecule has 0 saturated carbocycles. The van der Waals surface area contributed by atoms with Crippen molar-refractivity contribution in [2.45, 2.75) is 19.4 Å². The number of methoxy groups -OCH3 is 1. The van der Waals surface area contributed by atoms with E-state index >= 15 is 0 Å². The van der Waals surface area contributed by atoms with Gasteiger partial charge >= 0.3 is 0 Å². The first-order valence-corrected chi connectivity index (χ1v) is 9.97. The number of amides is 1. The van der Waals surface area contributed by atoms with Crippen LogP contribution in [0.15, 0.2) is 24.3 Å². The number of hydrogen-bond acceptors (Lipinski definition) is 6. The number of rotatable bonds is 7. The van der Waals surface area contributed by atoms with Gasteiger partial charge in [-0.05, 0) is 18.2 Å². The van der Waals surface area contributed by atoms with Crippen LogP contribution in [0.2, 0.25) is 5.15 Å². The second-order valence-corrected chi connectivity index (χ2v) is 7.21. The first-order chi connectivity index (χ1) is 14.8. The molecule has 1 aliphatic heterocycles. The predicted molar refractivity (Wildman–Crippen MR) is 108 cm³/mol. The molecular formula is C21H21ClF2N2O5. The minimum Gasteiger partial charge on any atom is -0.485 e. The lowest BCUT2D eigenvalue weighted by Gasteiger charge is -2.33. The predicted octanol–water partition coefficient (Wildman–Crippen LogP) is 3.53. The third-order valence-corrected chi connectivity index (χ3v) is 4.90. The van der Waals surface area contributed by atoms with Gasteiger partial charge in [-0.25, -0.2) is 13.8 Å². The Morgan fingerprint density at radius 2 is 1.94 bits per heavy atom. The second-order valence-electron chi connectivity index (χ2n) is 6.82. The highest BCUT2D eigenvalue weighted by Crippen LogP contribution is 2.25. The van der Waals surface area contributed by atoms with Crippen LogP contribution in [0.1, 0.15) is 34.1 Å². The Bertz CT molecular complexity index is 965. The molecule has 1 aromatic heterocycles. The molecule has 3 rings (SSSR count). The maximum Gasteiger partial charge on any atom is 0.254 e. The van der Waals surface area contributed by atoms with E-state index in [1.807, 2.05) is 0 Å². The molecule has 0 aliphatic carbocycles. The number of carbonyl (C=O) groups is 2. The van der Waals surface area contributed by atoms with Crippen molar-refractivity contribution >= 4 is 23.3 Å². The maximum atomic E-state index is 14.2. The lowest BCUT2D eigenvalue weighted by Crippen LogP contribution is -2.47. The fourth-order valence-electron chi connectivity index (χ4n) is 3.13. The van der Waals surface area contributed by atoms with Crippen LogP contribution in [0.5, 0.6) is 11.6 Å². The minimum atomic E-state index is -0.973. The van der Waals surface area contributed by atoms with Crippen molar-refractivity contribution in [3.05, 3.63) is 52.2 Å². The monoisotopic (exact) mass is 454 g/mol. The van der Waals surface area contributed by atoms with Gasteiger partial charge in [0.05, 0.1) is 20.3 Å². The number of ether oxygens (including phenoxy) is 3. The number of ketones is 1. The topological polar surface area (TPSA) is 78.0 Å². The van der Waals surface area contributed by atoms with Crippen LogP contribution in [0.25, 0.3) is 0 Å². The number of benzene rings is 1. The van der Waals surface area contributed by atoms with Crippen molar-refractivity contribution in [2.24, 2.45) is 0 Å². The van der Waals surface area contributed by atoms with Crippen molar-refractivity contribution in [1.82, 2.24) is 9.88 Å². The quantitative estimate of drug-likeness (QED) is 0.470. The fourth-order valence-corrected chi connectivity index (χ4v) is 3.33. The summed E-state index contributed by atoms with van der Waals surface area (Å²) >= 11 is 5.93. The standard InChI is InChI=1S/C21H21ClF2N2O5/c1-3-17(27)12-6-15(23)20(16(24)7-12)31-11-14-10-26(4-5-30-14)21(28)13-8-18(22)25-19(9-13)29-2/h6-9,14H,3-5,10-11H2,1-2H3. The number of carbonyl (C=O) groups excluding carboxylic acids is 2. The number of aromatic nitrogens is 1.